The van der Waals surface area contributed by atoms with Crippen molar-refractivity contribution in [3.05, 3.63) is 0 Å². The van der Waals surface area contributed by atoms with Crippen molar-refractivity contribution < 1.29 is 14.6 Å². The quantitative estimate of drug-likeness (QED) is 0.833. The highest BCUT2D eigenvalue weighted by atomic mass is 16.5. The third-order valence-corrected chi connectivity index (χ3v) is 4.77. The van der Waals surface area contributed by atoms with Gasteiger partial charge in [-0.25, -0.2) is 0 Å². The van der Waals surface area contributed by atoms with E-state index in [-0.39, 0.29) is 12.0 Å². The van der Waals surface area contributed by atoms with Gasteiger partial charge in [0.1, 0.15) is 0 Å². The molecule has 1 atom stereocenters. The maximum Gasteiger partial charge on any atom is 0.304 e. The van der Waals surface area contributed by atoms with Crippen molar-refractivity contribution in [3.8, 4) is 0 Å². The number of carboxylic acids is 1. The predicted molar refractivity (Wildman–Crippen MR) is 74.3 cm³/mol. The third kappa shape index (κ3) is 3.93. The van der Waals surface area contributed by atoms with E-state index in [1.54, 1.807) is 0 Å². The molecule has 2 rings (SSSR count). The molecule has 2 fully saturated rings. The molecule has 2 aliphatic rings. The SMILES string of the molecule is CCN(CCC(=O)O)C1CCOC2(CCCCC2)C1. The molecule has 0 aromatic carbocycles. The molecule has 0 aromatic heterocycles. The van der Waals surface area contributed by atoms with Crippen LogP contribution in [0.2, 0.25) is 0 Å². The molecule has 4 heteroatoms. The van der Waals surface area contributed by atoms with Crippen LogP contribution in [0.15, 0.2) is 0 Å². The third-order valence-electron chi connectivity index (χ3n) is 4.77. The maximum atomic E-state index is 10.7. The van der Waals surface area contributed by atoms with E-state index in [0.717, 1.165) is 26.0 Å². The Morgan fingerprint density at radius 2 is 2.11 bits per heavy atom. The molecule has 1 saturated heterocycles. The number of hydrogen-bond acceptors (Lipinski definition) is 3. The monoisotopic (exact) mass is 269 g/mol. The Morgan fingerprint density at radius 1 is 1.37 bits per heavy atom. The van der Waals surface area contributed by atoms with E-state index in [2.05, 4.69) is 11.8 Å². The molecule has 1 N–H and O–H groups in total. The molecular formula is C15H27NO3. The van der Waals surface area contributed by atoms with Crippen molar-refractivity contribution in [1.29, 1.82) is 0 Å². The van der Waals surface area contributed by atoms with Crippen LogP contribution < -0.4 is 0 Å². The van der Waals surface area contributed by atoms with Crippen LogP contribution >= 0.6 is 0 Å². The zero-order chi connectivity index (χ0) is 13.7. The highest BCUT2D eigenvalue weighted by Gasteiger charge is 2.39. The summed E-state index contributed by atoms with van der Waals surface area (Å²) in [6.45, 7) is 4.58. The van der Waals surface area contributed by atoms with E-state index < -0.39 is 5.97 Å². The standard InChI is InChI=1S/C15H27NO3/c1-2-16(10-6-14(17)18)13-7-11-19-15(12-13)8-4-3-5-9-15/h13H,2-12H2,1H3,(H,17,18). The van der Waals surface area contributed by atoms with Crippen LogP contribution in [0.3, 0.4) is 0 Å². The Balaban J connectivity index is 1.92. The van der Waals surface area contributed by atoms with Gasteiger partial charge in [0.05, 0.1) is 12.0 Å². The first-order valence-electron chi connectivity index (χ1n) is 7.75. The topological polar surface area (TPSA) is 49.8 Å². The number of carbonyl (C=O) groups is 1. The van der Waals surface area contributed by atoms with Crippen molar-refractivity contribution in [2.45, 2.75) is 69.9 Å². The maximum absolute atomic E-state index is 10.7. The van der Waals surface area contributed by atoms with Crippen molar-refractivity contribution in [1.82, 2.24) is 4.90 Å². The minimum atomic E-state index is -0.696. The zero-order valence-electron chi connectivity index (χ0n) is 12.1. The molecule has 110 valence electrons. The van der Waals surface area contributed by atoms with Gasteiger partial charge in [-0.1, -0.05) is 26.2 Å². The first kappa shape index (κ1) is 14.8. The molecule has 19 heavy (non-hydrogen) atoms. The summed E-state index contributed by atoms with van der Waals surface area (Å²) in [5.74, 6) is -0.696. The largest absolute Gasteiger partial charge is 0.481 e. The number of ether oxygens (including phenoxy) is 1. The molecule has 4 nitrogen and oxygen atoms in total. The Morgan fingerprint density at radius 3 is 2.74 bits per heavy atom. The fraction of sp³-hybridized carbons (Fsp3) is 0.933. The second kappa shape index (κ2) is 6.71. The van der Waals surface area contributed by atoms with E-state index >= 15 is 0 Å². The van der Waals surface area contributed by atoms with Crippen LogP contribution in [-0.2, 0) is 9.53 Å². The highest BCUT2D eigenvalue weighted by Crippen LogP contribution is 2.39. The first-order valence-corrected chi connectivity index (χ1v) is 7.75. The van der Waals surface area contributed by atoms with E-state index in [0.29, 0.717) is 12.6 Å². The lowest BCUT2D eigenvalue weighted by atomic mass is 9.78. The van der Waals surface area contributed by atoms with Crippen LogP contribution in [0.1, 0.15) is 58.3 Å². The first-order chi connectivity index (χ1) is 9.15. The molecule has 0 bridgehead atoms. The Labute approximate surface area is 116 Å². The second-order valence-electron chi connectivity index (χ2n) is 6.01. The number of aliphatic carboxylic acids is 1. The lowest BCUT2D eigenvalue weighted by molar-refractivity contribution is -0.138. The van der Waals surface area contributed by atoms with Crippen molar-refractivity contribution in [2.75, 3.05) is 19.7 Å². The van der Waals surface area contributed by atoms with Gasteiger partial charge in [0.15, 0.2) is 0 Å². The average molecular weight is 269 g/mol. The van der Waals surface area contributed by atoms with E-state index in [4.69, 9.17) is 9.84 Å². The van der Waals surface area contributed by atoms with Gasteiger partial charge in [0, 0.05) is 19.2 Å². The highest BCUT2D eigenvalue weighted by molar-refractivity contribution is 5.66. The van der Waals surface area contributed by atoms with Gasteiger partial charge in [-0.2, -0.15) is 0 Å². The van der Waals surface area contributed by atoms with Gasteiger partial charge in [0.2, 0.25) is 0 Å². The summed E-state index contributed by atoms with van der Waals surface area (Å²) in [5.41, 5.74) is 0.109. The van der Waals surface area contributed by atoms with Gasteiger partial charge in [-0.05, 0) is 32.2 Å². The van der Waals surface area contributed by atoms with E-state index in [1.165, 1.54) is 32.1 Å². The summed E-state index contributed by atoms with van der Waals surface area (Å²) < 4.78 is 6.11. The number of nitrogens with zero attached hydrogens (tertiary/aromatic N) is 1. The summed E-state index contributed by atoms with van der Waals surface area (Å²) in [6, 6.07) is 0.510. The minimum Gasteiger partial charge on any atom is -0.481 e. The smallest absolute Gasteiger partial charge is 0.304 e. The fourth-order valence-corrected chi connectivity index (χ4v) is 3.70. The molecule has 0 aromatic rings. The second-order valence-corrected chi connectivity index (χ2v) is 6.01. The number of hydrogen-bond donors (Lipinski definition) is 1. The van der Waals surface area contributed by atoms with Crippen molar-refractivity contribution in [3.63, 3.8) is 0 Å². The van der Waals surface area contributed by atoms with Crippen molar-refractivity contribution in [2.24, 2.45) is 0 Å². The fourth-order valence-electron chi connectivity index (χ4n) is 3.70. The summed E-state index contributed by atoms with van der Waals surface area (Å²) in [7, 11) is 0. The van der Waals surface area contributed by atoms with Crippen LogP contribution in [0.5, 0.6) is 0 Å². The van der Waals surface area contributed by atoms with Crippen LogP contribution in [0.25, 0.3) is 0 Å². The van der Waals surface area contributed by atoms with Crippen molar-refractivity contribution >= 4 is 5.97 Å². The Bertz CT molecular complexity index is 294. The van der Waals surface area contributed by atoms with Gasteiger partial charge >= 0.3 is 5.97 Å². The number of carboxylic acid groups (broad SMARTS) is 1. The van der Waals surface area contributed by atoms with Gasteiger partial charge in [0.25, 0.3) is 0 Å². The molecule has 1 unspecified atom stereocenters. The van der Waals surface area contributed by atoms with E-state index in [9.17, 15) is 4.79 Å². The van der Waals surface area contributed by atoms with Crippen LogP contribution in [-0.4, -0.2) is 47.3 Å². The molecule has 1 aliphatic heterocycles. The summed E-state index contributed by atoms with van der Waals surface area (Å²) in [5, 5.41) is 8.85. The Kier molecular flexibility index (Phi) is 5.22. The molecule has 0 radical (unpaired) electrons. The lowest BCUT2D eigenvalue weighted by Gasteiger charge is -2.46. The molecular weight excluding hydrogens is 242 g/mol. The Hall–Kier alpha value is -0.610. The van der Waals surface area contributed by atoms with Gasteiger partial charge in [-0.3, -0.25) is 9.69 Å². The molecule has 1 heterocycles. The van der Waals surface area contributed by atoms with Gasteiger partial charge in [-0.15, -0.1) is 0 Å². The number of rotatable bonds is 5. The normalized spacial score (nSPS) is 26.7. The van der Waals surface area contributed by atoms with Crippen LogP contribution in [0.4, 0.5) is 0 Å². The predicted octanol–water partition coefficient (Wildman–Crippen LogP) is 2.66. The molecule has 0 amide bonds. The molecule has 1 spiro atoms. The summed E-state index contributed by atoms with van der Waals surface area (Å²) >= 11 is 0. The summed E-state index contributed by atoms with van der Waals surface area (Å²) in [6.07, 6.45) is 8.70. The lowest BCUT2D eigenvalue weighted by Crippen LogP contribution is -2.50. The zero-order valence-corrected chi connectivity index (χ0v) is 12.1. The molecule has 1 aliphatic carbocycles. The minimum absolute atomic E-state index is 0.109. The summed E-state index contributed by atoms with van der Waals surface area (Å²) in [4.78, 5) is 13.1. The van der Waals surface area contributed by atoms with Gasteiger partial charge < -0.3 is 9.84 Å². The molecule has 1 saturated carbocycles. The van der Waals surface area contributed by atoms with Crippen LogP contribution in [0, 0.1) is 0 Å². The average Bonchev–Trinajstić information content (AvgIpc) is 2.40. The van der Waals surface area contributed by atoms with E-state index in [1.807, 2.05) is 0 Å².